The van der Waals surface area contributed by atoms with Crippen LogP contribution in [-0.2, 0) is 11.3 Å². The number of ether oxygens (including phenoxy) is 1. The fraction of sp³-hybridized carbons (Fsp3) is 0.500. The number of hydrogen-bond acceptors (Lipinski definition) is 2. The van der Waals surface area contributed by atoms with Crippen LogP contribution in [0.1, 0.15) is 31.0 Å². The number of hydrogen-bond donors (Lipinski definition) is 0. The molecule has 4 heteroatoms. The molecule has 0 amide bonds. The third kappa shape index (κ3) is 2.13. The van der Waals surface area contributed by atoms with Crippen LogP contribution in [0.4, 0.5) is 0 Å². The highest BCUT2D eigenvalue weighted by atomic mass is 35.5. The van der Waals surface area contributed by atoms with Crippen LogP contribution in [0.15, 0.2) is 24.3 Å². The molecule has 1 aromatic carbocycles. The van der Waals surface area contributed by atoms with E-state index in [1.807, 2.05) is 25.1 Å². The minimum Gasteiger partial charge on any atom is -0.376 e. The van der Waals surface area contributed by atoms with Crippen molar-refractivity contribution in [3.05, 3.63) is 30.1 Å². The molecule has 18 heavy (non-hydrogen) atoms. The number of benzene rings is 1. The minimum atomic E-state index is -0.0844. The van der Waals surface area contributed by atoms with Gasteiger partial charge < -0.3 is 9.30 Å². The zero-order valence-corrected chi connectivity index (χ0v) is 11.2. The summed E-state index contributed by atoms with van der Waals surface area (Å²) in [7, 11) is 0. The second-order valence-electron chi connectivity index (χ2n) is 4.82. The highest BCUT2D eigenvalue weighted by Gasteiger charge is 2.21. The van der Waals surface area contributed by atoms with Gasteiger partial charge in [0.25, 0.3) is 0 Å². The monoisotopic (exact) mass is 264 g/mol. The van der Waals surface area contributed by atoms with Crippen molar-refractivity contribution in [1.29, 1.82) is 0 Å². The Bertz CT molecular complexity index is 544. The van der Waals surface area contributed by atoms with Gasteiger partial charge in [0.2, 0.25) is 0 Å². The number of fused-ring (bicyclic) bond motifs is 1. The molecular formula is C14H17ClN2O. The SMILES string of the molecule is CC(Cl)c1nc2ccccc2n1CC1CCCO1. The summed E-state index contributed by atoms with van der Waals surface area (Å²) in [4.78, 5) is 4.63. The van der Waals surface area contributed by atoms with Crippen molar-refractivity contribution in [2.75, 3.05) is 6.61 Å². The molecule has 1 fully saturated rings. The Balaban J connectivity index is 2.03. The number of alkyl halides is 1. The van der Waals surface area contributed by atoms with Gasteiger partial charge in [-0.3, -0.25) is 0 Å². The lowest BCUT2D eigenvalue weighted by molar-refractivity contribution is 0.0972. The van der Waals surface area contributed by atoms with Gasteiger partial charge in [-0.05, 0) is 31.9 Å². The molecular weight excluding hydrogens is 248 g/mol. The van der Waals surface area contributed by atoms with E-state index in [1.165, 1.54) is 0 Å². The average molecular weight is 265 g/mol. The average Bonchev–Trinajstić information content (AvgIpc) is 2.98. The third-order valence-electron chi connectivity index (χ3n) is 3.45. The summed E-state index contributed by atoms with van der Waals surface area (Å²) in [6.07, 6.45) is 2.59. The van der Waals surface area contributed by atoms with E-state index in [0.717, 1.165) is 42.9 Å². The van der Waals surface area contributed by atoms with Crippen LogP contribution in [0.5, 0.6) is 0 Å². The summed E-state index contributed by atoms with van der Waals surface area (Å²) in [5, 5.41) is -0.0844. The normalized spacial score (nSPS) is 21.6. The van der Waals surface area contributed by atoms with Crippen molar-refractivity contribution in [3.8, 4) is 0 Å². The molecule has 1 aromatic heterocycles. The summed E-state index contributed by atoms with van der Waals surface area (Å²) in [5.74, 6) is 0.938. The number of para-hydroxylation sites is 2. The molecule has 2 aromatic rings. The molecule has 0 N–H and O–H groups in total. The van der Waals surface area contributed by atoms with E-state index in [-0.39, 0.29) is 5.38 Å². The van der Waals surface area contributed by atoms with Crippen molar-refractivity contribution in [3.63, 3.8) is 0 Å². The van der Waals surface area contributed by atoms with Crippen LogP contribution in [0.2, 0.25) is 0 Å². The van der Waals surface area contributed by atoms with Crippen molar-refractivity contribution in [2.45, 2.75) is 37.8 Å². The Morgan fingerprint density at radius 1 is 1.50 bits per heavy atom. The molecule has 1 aliphatic heterocycles. The fourth-order valence-electron chi connectivity index (χ4n) is 2.58. The van der Waals surface area contributed by atoms with Crippen LogP contribution in [0.3, 0.4) is 0 Å². The second-order valence-corrected chi connectivity index (χ2v) is 5.48. The molecule has 3 nitrogen and oxygen atoms in total. The van der Waals surface area contributed by atoms with Gasteiger partial charge in [0.15, 0.2) is 0 Å². The Morgan fingerprint density at radius 2 is 2.33 bits per heavy atom. The first-order valence-corrected chi connectivity index (χ1v) is 6.90. The summed E-state index contributed by atoms with van der Waals surface area (Å²) in [6.45, 7) is 3.70. The van der Waals surface area contributed by atoms with E-state index in [9.17, 15) is 0 Å². The van der Waals surface area contributed by atoms with Gasteiger partial charge in [0.05, 0.1) is 29.1 Å². The van der Waals surface area contributed by atoms with Gasteiger partial charge >= 0.3 is 0 Å². The Hall–Kier alpha value is -1.06. The topological polar surface area (TPSA) is 27.1 Å². The van der Waals surface area contributed by atoms with Gasteiger partial charge in [-0.2, -0.15) is 0 Å². The van der Waals surface area contributed by atoms with E-state index in [4.69, 9.17) is 16.3 Å². The Morgan fingerprint density at radius 3 is 3.06 bits per heavy atom. The van der Waals surface area contributed by atoms with Gasteiger partial charge in [-0.25, -0.2) is 4.98 Å². The van der Waals surface area contributed by atoms with E-state index < -0.39 is 0 Å². The van der Waals surface area contributed by atoms with Crippen LogP contribution in [0.25, 0.3) is 11.0 Å². The second kappa shape index (κ2) is 4.90. The van der Waals surface area contributed by atoms with Crippen molar-refractivity contribution in [2.24, 2.45) is 0 Å². The number of imidazole rings is 1. The number of nitrogens with zero attached hydrogens (tertiary/aromatic N) is 2. The first-order chi connectivity index (χ1) is 8.75. The lowest BCUT2D eigenvalue weighted by Gasteiger charge is -2.15. The fourth-order valence-corrected chi connectivity index (χ4v) is 2.75. The molecule has 1 saturated heterocycles. The Kier molecular flexibility index (Phi) is 3.27. The van der Waals surface area contributed by atoms with E-state index >= 15 is 0 Å². The summed E-state index contributed by atoms with van der Waals surface area (Å²) >= 11 is 6.24. The van der Waals surface area contributed by atoms with E-state index in [2.05, 4.69) is 15.6 Å². The first-order valence-electron chi connectivity index (χ1n) is 6.46. The number of aromatic nitrogens is 2. The zero-order valence-electron chi connectivity index (χ0n) is 10.5. The minimum absolute atomic E-state index is 0.0844. The number of halogens is 1. The highest BCUT2D eigenvalue weighted by Crippen LogP contribution is 2.26. The van der Waals surface area contributed by atoms with Crippen molar-refractivity contribution in [1.82, 2.24) is 9.55 Å². The van der Waals surface area contributed by atoms with Crippen LogP contribution >= 0.6 is 11.6 Å². The molecule has 2 atom stereocenters. The molecule has 0 spiro atoms. The summed E-state index contributed by atoms with van der Waals surface area (Å²) in [5.41, 5.74) is 2.16. The third-order valence-corrected chi connectivity index (χ3v) is 3.65. The predicted octanol–water partition coefficient (Wildman–Crippen LogP) is 3.52. The van der Waals surface area contributed by atoms with E-state index in [1.54, 1.807) is 0 Å². The lowest BCUT2D eigenvalue weighted by Crippen LogP contribution is -2.17. The maximum atomic E-state index is 6.24. The predicted molar refractivity (Wildman–Crippen MR) is 73.0 cm³/mol. The van der Waals surface area contributed by atoms with Crippen LogP contribution < -0.4 is 0 Å². The zero-order chi connectivity index (χ0) is 12.5. The quantitative estimate of drug-likeness (QED) is 0.793. The molecule has 3 rings (SSSR count). The largest absolute Gasteiger partial charge is 0.376 e. The molecule has 2 unspecified atom stereocenters. The molecule has 0 radical (unpaired) electrons. The molecule has 2 heterocycles. The standard InChI is InChI=1S/C14H17ClN2O/c1-10(15)14-16-12-6-2-3-7-13(12)17(14)9-11-5-4-8-18-11/h2-3,6-7,10-11H,4-5,8-9H2,1H3. The van der Waals surface area contributed by atoms with Gasteiger partial charge in [0.1, 0.15) is 5.82 Å². The Labute approximate surface area is 112 Å². The molecule has 0 aliphatic carbocycles. The lowest BCUT2D eigenvalue weighted by atomic mass is 10.2. The maximum absolute atomic E-state index is 6.24. The molecule has 1 aliphatic rings. The molecule has 0 saturated carbocycles. The smallest absolute Gasteiger partial charge is 0.127 e. The number of rotatable bonds is 3. The van der Waals surface area contributed by atoms with Crippen LogP contribution in [0, 0.1) is 0 Å². The van der Waals surface area contributed by atoms with Crippen LogP contribution in [-0.4, -0.2) is 22.3 Å². The molecule has 0 bridgehead atoms. The van der Waals surface area contributed by atoms with Gasteiger partial charge in [-0.15, -0.1) is 11.6 Å². The van der Waals surface area contributed by atoms with E-state index in [0.29, 0.717) is 6.10 Å². The summed E-state index contributed by atoms with van der Waals surface area (Å²) in [6, 6.07) is 8.18. The highest BCUT2D eigenvalue weighted by molar-refractivity contribution is 6.20. The van der Waals surface area contributed by atoms with Crippen molar-refractivity contribution < 1.29 is 4.74 Å². The maximum Gasteiger partial charge on any atom is 0.127 e. The van der Waals surface area contributed by atoms with Crippen molar-refractivity contribution >= 4 is 22.6 Å². The first kappa shape index (κ1) is 12.0. The van der Waals surface area contributed by atoms with Gasteiger partial charge in [-0.1, -0.05) is 12.1 Å². The molecule has 96 valence electrons. The summed E-state index contributed by atoms with van der Waals surface area (Å²) < 4.78 is 7.93. The van der Waals surface area contributed by atoms with Gasteiger partial charge in [0, 0.05) is 6.61 Å².